The summed E-state index contributed by atoms with van der Waals surface area (Å²) in [5, 5.41) is 2.98. The van der Waals surface area contributed by atoms with Crippen LogP contribution in [0.2, 0.25) is 0 Å². The second-order valence-corrected chi connectivity index (χ2v) is 6.18. The van der Waals surface area contributed by atoms with Crippen LogP contribution in [0, 0.1) is 5.92 Å². The minimum atomic E-state index is -0.0301. The minimum absolute atomic E-state index is 0.0284. The molecule has 0 aliphatic rings. The predicted octanol–water partition coefficient (Wildman–Crippen LogP) is 2.49. The summed E-state index contributed by atoms with van der Waals surface area (Å²) in [6.07, 6.45) is 1.18. The van der Waals surface area contributed by atoms with E-state index < -0.39 is 0 Å². The number of halogens is 1. The average Bonchev–Trinajstić information content (AvgIpc) is 2.37. The highest BCUT2D eigenvalue weighted by Gasteiger charge is 2.14. The van der Waals surface area contributed by atoms with Crippen molar-refractivity contribution in [2.24, 2.45) is 11.7 Å². The number of hydrogen-bond donors (Lipinski definition) is 2. The molecule has 0 saturated heterocycles. The third-order valence-electron chi connectivity index (χ3n) is 3.00. The summed E-state index contributed by atoms with van der Waals surface area (Å²) < 4.78 is 6.20. The lowest BCUT2D eigenvalue weighted by Gasteiger charge is -2.19. The van der Waals surface area contributed by atoms with Gasteiger partial charge < -0.3 is 15.8 Å². The van der Waals surface area contributed by atoms with E-state index in [1.165, 1.54) is 0 Å². The fourth-order valence-corrected chi connectivity index (χ4v) is 2.53. The Hall–Kier alpha value is -1.07. The number of rotatable bonds is 7. The summed E-state index contributed by atoms with van der Waals surface area (Å²) in [6.45, 7) is 4.69. The Balaban J connectivity index is 2.68. The first-order valence-electron chi connectivity index (χ1n) is 6.78. The van der Waals surface area contributed by atoms with Crippen LogP contribution in [0.1, 0.15) is 25.8 Å². The molecule has 112 valence electrons. The van der Waals surface area contributed by atoms with E-state index in [9.17, 15) is 4.79 Å². The SMILES string of the molecule is COc1ccc(Br)cc1CC(=O)NC(CN)CC(C)C. The van der Waals surface area contributed by atoms with Gasteiger partial charge in [-0.25, -0.2) is 0 Å². The predicted molar refractivity (Wildman–Crippen MR) is 84.8 cm³/mol. The molecule has 4 nitrogen and oxygen atoms in total. The molecule has 0 spiro atoms. The Morgan fingerprint density at radius 3 is 2.70 bits per heavy atom. The van der Waals surface area contributed by atoms with E-state index in [-0.39, 0.29) is 18.4 Å². The Bertz CT molecular complexity index is 449. The van der Waals surface area contributed by atoms with Crippen molar-refractivity contribution in [2.75, 3.05) is 13.7 Å². The number of ether oxygens (including phenoxy) is 1. The molecule has 1 aromatic carbocycles. The maximum absolute atomic E-state index is 12.1. The second kappa shape index (κ2) is 8.27. The number of benzene rings is 1. The van der Waals surface area contributed by atoms with E-state index in [1.54, 1.807) is 7.11 Å². The van der Waals surface area contributed by atoms with E-state index in [1.807, 2.05) is 18.2 Å². The van der Waals surface area contributed by atoms with Crippen molar-refractivity contribution in [3.8, 4) is 5.75 Å². The lowest BCUT2D eigenvalue weighted by atomic mass is 10.0. The van der Waals surface area contributed by atoms with E-state index in [2.05, 4.69) is 35.1 Å². The molecule has 0 fully saturated rings. The van der Waals surface area contributed by atoms with Gasteiger partial charge in [0.2, 0.25) is 5.91 Å². The van der Waals surface area contributed by atoms with Crippen LogP contribution in [0.15, 0.2) is 22.7 Å². The molecule has 1 aromatic rings. The second-order valence-electron chi connectivity index (χ2n) is 5.26. The maximum atomic E-state index is 12.1. The number of methoxy groups -OCH3 is 1. The zero-order chi connectivity index (χ0) is 15.1. The van der Waals surface area contributed by atoms with E-state index in [4.69, 9.17) is 10.5 Å². The number of nitrogens with two attached hydrogens (primary N) is 1. The van der Waals surface area contributed by atoms with Crippen LogP contribution in [0.25, 0.3) is 0 Å². The van der Waals surface area contributed by atoms with Gasteiger partial charge in [0.1, 0.15) is 5.75 Å². The van der Waals surface area contributed by atoms with Crippen LogP contribution in [0.5, 0.6) is 5.75 Å². The zero-order valence-electron chi connectivity index (χ0n) is 12.3. The molecule has 3 N–H and O–H groups in total. The largest absolute Gasteiger partial charge is 0.496 e. The molecule has 20 heavy (non-hydrogen) atoms. The number of amides is 1. The van der Waals surface area contributed by atoms with E-state index in [0.717, 1.165) is 22.2 Å². The van der Waals surface area contributed by atoms with Crippen molar-refractivity contribution in [3.05, 3.63) is 28.2 Å². The summed E-state index contributed by atoms with van der Waals surface area (Å²) in [7, 11) is 1.60. The van der Waals surface area contributed by atoms with Gasteiger partial charge in [-0.15, -0.1) is 0 Å². The Labute approximate surface area is 129 Å². The third-order valence-corrected chi connectivity index (χ3v) is 3.49. The molecule has 0 heterocycles. The third kappa shape index (κ3) is 5.51. The van der Waals surface area contributed by atoms with Gasteiger partial charge in [0, 0.05) is 22.6 Å². The van der Waals surface area contributed by atoms with Gasteiger partial charge in [0.25, 0.3) is 0 Å². The number of carbonyl (C=O) groups excluding carboxylic acids is 1. The first-order chi connectivity index (χ1) is 9.46. The standard InChI is InChI=1S/C15H23BrN2O2/c1-10(2)6-13(9-17)18-15(19)8-11-7-12(16)4-5-14(11)20-3/h4-5,7,10,13H,6,8-9,17H2,1-3H3,(H,18,19). The van der Waals surface area contributed by atoms with Crippen LogP contribution in [0.4, 0.5) is 0 Å². The van der Waals surface area contributed by atoms with Gasteiger partial charge in [-0.1, -0.05) is 29.8 Å². The van der Waals surface area contributed by atoms with Crippen molar-refractivity contribution in [1.82, 2.24) is 5.32 Å². The molecule has 1 rings (SSSR count). The number of hydrogen-bond acceptors (Lipinski definition) is 3. The molecule has 1 unspecified atom stereocenters. The smallest absolute Gasteiger partial charge is 0.224 e. The highest BCUT2D eigenvalue weighted by Crippen LogP contribution is 2.23. The van der Waals surface area contributed by atoms with Crippen LogP contribution in [-0.2, 0) is 11.2 Å². The lowest BCUT2D eigenvalue weighted by molar-refractivity contribution is -0.121. The Kier molecular flexibility index (Phi) is 7.02. The van der Waals surface area contributed by atoms with Gasteiger partial charge in [-0.3, -0.25) is 4.79 Å². The van der Waals surface area contributed by atoms with Gasteiger partial charge >= 0.3 is 0 Å². The molecule has 0 aliphatic heterocycles. The van der Waals surface area contributed by atoms with Gasteiger partial charge in [0.15, 0.2) is 0 Å². The van der Waals surface area contributed by atoms with Gasteiger partial charge in [0.05, 0.1) is 13.5 Å². The van der Waals surface area contributed by atoms with Gasteiger partial charge in [-0.05, 0) is 30.5 Å². The number of nitrogens with one attached hydrogen (secondary N) is 1. The van der Waals surface area contributed by atoms with Crippen LogP contribution in [-0.4, -0.2) is 25.6 Å². The first kappa shape index (κ1) is 17.0. The Morgan fingerprint density at radius 2 is 2.15 bits per heavy atom. The maximum Gasteiger partial charge on any atom is 0.224 e. The molecule has 5 heteroatoms. The van der Waals surface area contributed by atoms with E-state index in [0.29, 0.717) is 12.5 Å². The summed E-state index contributed by atoms with van der Waals surface area (Å²) in [5.74, 6) is 1.19. The molecule has 0 radical (unpaired) electrons. The fraction of sp³-hybridized carbons (Fsp3) is 0.533. The summed E-state index contributed by atoms with van der Waals surface area (Å²) in [4.78, 5) is 12.1. The quantitative estimate of drug-likeness (QED) is 0.800. The number of carbonyl (C=O) groups is 1. The normalized spacial score (nSPS) is 12.3. The van der Waals surface area contributed by atoms with Crippen molar-refractivity contribution < 1.29 is 9.53 Å². The molecule has 0 bridgehead atoms. The van der Waals surface area contributed by atoms with Crippen molar-refractivity contribution in [2.45, 2.75) is 32.7 Å². The first-order valence-corrected chi connectivity index (χ1v) is 7.57. The molecule has 0 saturated carbocycles. The van der Waals surface area contributed by atoms with Crippen LogP contribution in [0.3, 0.4) is 0 Å². The summed E-state index contributed by atoms with van der Waals surface area (Å²) in [5.41, 5.74) is 6.56. The summed E-state index contributed by atoms with van der Waals surface area (Å²) >= 11 is 3.41. The molecular formula is C15H23BrN2O2. The van der Waals surface area contributed by atoms with E-state index >= 15 is 0 Å². The average molecular weight is 343 g/mol. The van der Waals surface area contributed by atoms with Crippen molar-refractivity contribution in [3.63, 3.8) is 0 Å². The minimum Gasteiger partial charge on any atom is -0.496 e. The van der Waals surface area contributed by atoms with Crippen molar-refractivity contribution >= 4 is 21.8 Å². The molecule has 1 amide bonds. The Morgan fingerprint density at radius 1 is 1.45 bits per heavy atom. The summed E-state index contributed by atoms with van der Waals surface area (Å²) in [6, 6.07) is 5.67. The van der Waals surface area contributed by atoms with Gasteiger partial charge in [-0.2, -0.15) is 0 Å². The van der Waals surface area contributed by atoms with Crippen LogP contribution >= 0.6 is 15.9 Å². The lowest BCUT2D eigenvalue weighted by Crippen LogP contribution is -2.41. The molecular weight excluding hydrogens is 320 g/mol. The highest BCUT2D eigenvalue weighted by molar-refractivity contribution is 9.10. The fourth-order valence-electron chi connectivity index (χ4n) is 2.12. The molecule has 0 aliphatic carbocycles. The molecule has 1 atom stereocenters. The zero-order valence-corrected chi connectivity index (χ0v) is 13.9. The van der Waals surface area contributed by atoms with Crippen LogP contribution < -0.4 is 15.8 Å². The monoisotopic (exact) mass is 342 g/mol. The van der Waals surface area contributed by atoms with Crippen molar-refractivity contribution in [1.29, 1.82) is 0 Å². The molecule has 0 aromatic heterocycles. The highest BCUT2D eigenvalue weighted by atomic mass is 79.9. The topological polar surface area (TPSA) is 64.3 Å².